The molecule has 6 heteroatoms. The molecule has 4 rings (SSSR count). The second kappa shape index (κ2) is 9.24. The maximum atomic E-state index is 13.3. The van der Waals surface area contributed by atoms with E-state index in [1.807, 2.05) is 30.3 Å². The quantitative estimate of drug-likeness (QED) is 0.678. The highest BCUT2D eigenvalue weighted by atomic mass is 16.2. The molecule has 4 amide bonds. The van der Waals surface area contributed by atoms with Crippen LogP contribution in [0, 0.1) is 5.92 Å². The Morgan fingerprint density at radius 3 is 2.21 bits per heavy atom. The molecule has 34 heavy (non-hydrogen) atoms. The second-order valence-electron chi connectivity index (χ2n) is 10.8. The van der Waals surface area contributed by atoms with Crippen molar-refractivity contribution in [1.29, 1.82) is 0 Å². The van der Waals surface area contributed by atoms with E-state index in [4.69, 9.17) is 0 Å². The number of benzene rings is 2. The van der Waals surface area contributed by atoms with Crippen molar-refractivity contribution in [2.24, 2.45) is 5.92 Å². The number of nitrogens with one attached hydrogen (secondary N) is 1. The summed E-state index contributed by atoms with van der Waals surface area (Å²) in [5, 5.41) is 2.81. The van der Waals surface area contributed by atoms with Gasteiger partial charge in [0, 0.05) is 13.1 Å². The number of carbonyl (C=O) groups is 3. The summed E-state index contributed by atoms with van der Waals surface area (Å²) >= 11 is 0. The van der Waals surface area contributed by atoms with E-state index in [2.05, 4.69) is 50.4 Å². The Hall–Kier alpha value is -3.15. The van der Waals surface area contributed by atoms with Gasteiger partial charge in [-0.25, -0.2) is 4.79 Å². The normalized spacial score (nSPS) is 21.6. The molecule has 0 radical (unpaired) electrons. The molecule has 2 aromatic rings. The van der Waals surface area contributed by atoms with Crippen LogP contribution in [0.4, 0.5) is 4.79 Å². The fourth-order valence-electron chi connectivity index (χ4n) is 4.91. The van der Waals surface area contributed by atoms with Crippen LogP contribution in [-0.2, 0) is 27.0 Å². The van der Waals surface area contributed by atoms with Crippen LogP contribution in [0.25, 0.3) is 0 Å². The van der Waals surface area contributed by atoms with E-state index in [1.165, 1.54) is 5.56 Å². The molecule has 2 saturated heterocycles. The number of carbonyl (C=O) groups excluding carboxylic acids is 3. The van der Waals surface area contributed by atoms with Gasteiger partial charge in [-0.15, -0.1) is 0 Å². The smallest absolute Gasteiger partial charge is 0.325 e. The summed E-state index contributed by atoms with van der Waals surface area (Å²) in [6.07, 6.45) is 2.87. The Labute approximate surface area is 202 Å². The van der Waals surface area contributed by atoms with Crippen molar-refractivity contribution in [1.82, 2.24) is 15.1 Å². The van der Waals surface area contributed by atoms with E-state index in [1.54, 1.807) is 11.8 Å². The molecule has 180 valence electrons. The third kappa shape index (κ3) is 4.86. The standard InChI is InChI=1S/C28H35N3O3/c1-27(2,3)22-10-12-23(13-11-22)28(4)25(33)31(26(34)29-28)19-24(32)30-16-14-21(15-17-30)18-20-8-6-5-7-9-20/h5-13,21H,14-19H2,1-4H3,(H,29,34)/t28-/m0/s1. The molecular formula is C28H35N3O3. The minimum atomic E-state index is -1.17. The first kappa shape index (κ1) is 24.0. The van der Waals surface area contributed by atoms with Gasteiger partial charge in [0.15, 0.2) is 0 Å². The first-order valence-electron chi connectivity index (χ1n) is 12.1. The summed E-state index contributed by atoms with van der Waals surface area (Å²) in [6, 6.07) is 17.7. The van der Waals surface area contributed by atoms with Crippen LogP contribution in [-0.4, -0.2) is 47.3 Å². The molecule has 0 spiro atoms. The third-order valence-corrected chi connectivity index (χ3v) is 7.23. The van der Waals surface area contributed by atoms with E-state index >= 15 is 0 Å². The van der Waals surface area contributed by atoms with Gasteiger partial charge >= 0.3 is 6.03 Å². The van der Waals surface area contributed by atoms with Gasteiger partial charge in [0.25, 0.3) is 5.91 Å². The molecule has 0 bridgehead atoms. The fourth-order valence-corrected chi connectivity index (χ4v) is 4.91. The first-order chi connectivity index (χ1) is 16.1. The van der Waals surface area contributed by atoms with Crippen LogP contribution in [0.3, 0.4) is 0 Å². The summed E-state index contributed by atoms with van der Waals surface area (Å²) in [4.78, 5) is 41.8. The average Bonchev–Trinajstić information content (AvgIpc) is 3.03. The number of amides is 4. The lowest BCUT2D eigenvalue weighted by atomic mass is 9.84. The van der Waals surface area contributed by atoms with E-state index in [-0.39, 0.29) is 23.8 Å². The summed E-state index contributed by atoms with van der Waals surface area (Å²) in [5.41, 5.74) is 2.02. The van der Waals surface area contributed by atoms with E-state index in [9.17, 15) is 14.4 Å². The van der Waals surface area contributed by atoms with E-state index < -0.39 is 11.6 Å². The molecule has 0 aromatic heterocycles. The number of likely N-dealkylation sites (tertiary alicyclic amines) is 1. The minimum Gasteiger partial charge on any atom is -0.341 e. The zero-order chi connectivity index (χ0) is 24.5. The Morgan fingerprint density at radius 2 is 1.62 bits per heavy atom. The zero-order valence-corrected chi connectivity index (χ0v) is 20.6. The number of rotatable bonds is 5. The number of imide groups is 1. The number of hydrogen-bond donors (Lipinski definition) is 1. The van der Waals surface area contributed by atoms with Crippen molar-refractivity contribution in [3.05, 3.63) is 71.3 Å². The topological polar surface area (TPSA) is 69.7 Å². The molecule has 1 atom stereocenters. The Kier molecular flexibility index (Phi) is 6.52. The van der Waals surface area contributed by atoms with Gasteiger partial charge in [0.1, 0.15) is 12.1 Å². The molecule has 2 fully saturated rings. The molecule has 0 aliphatic carbocycles. The monoisotopic (exact) mass is 461 g/mol. The molecule has 2 heterocycles. The highest BCUT2D eigenvalue weighted by Gasteiger charge is 2.49. The largest absolute Gasteiger partial charge is 0.341 e. The second-order valence-corrected chi connectivity index (χ2v) is 10.8. The third-order valence-electron chi connectivity index (χ3n) is 7.23. The SMILES string of the molecule is CC(C)(C)c1ccc([C@]2(C)NC(=O)N(CC(=O)N3CCC(Cc4ccccc4)CC3)C2=O)cc1. The van der Waals surface area contributed by atoms with Crippen molar-refractivity contribution >= 4 is 17.8 Å². The minimum absolute atomic E-state index is 0.00459. The Morgan fingerprint density at radius 1 is 1.00 bits per heavy atom. The van der Waals surface area contributed by atoms with Gasteiger partial charge in [0.2, 0.25) is 5.91 Å². The predicted octanol–water partition coefficient (Wildman–Crippen LogP) is 4.23. The van der Waals surface area contributed by atoms with Gasteiger partial charge in [-0.2, -0.15) is 0 Å². The van der Waals surface area contributed by atoms with Crippen molar-refractivity contribution in [3.8, 4) is 0 Å². The van der Waals surface area contributed by atoms with Crippen LogP contribution in [0.2, 0.25) is 0 Å². The van der Waals surface area contributed by atoms with Crippen LogP contribution in [0.15, 0.2) is 54.6 Å². The Bertz CT molecular complexity index is 1050. The van der Waals surface area contributed by atoms with E-state index in [0.29, 0.717) is 19.0 Å². The Balaban J connectivity index is 1.36. The maximum Gasteiger partial charge on any atom is 0.325 e. The van der Waals surface area contributed by atoms with Gasteiger partial charge in [-0.1, -0.05) is 75.4 Å². The van der Waals surface area contributed by atoms with Crippen molar-refractivity contribution in [3.63, 3.8) is 0 Å². The highest BCUT2D eigenvalue weighted by Crippen LogP contribution is 2.31. The molecule has 2 aromatic carbocycles. The van der Waals surface area contributed by atoms with Crippen molar-refractivity contribution < 1.29 is 14.4 Å². The van der Waals surface area contributed by atoms with Crippen LogP contribution in [0.5, 0.6) is 0 Å². The highest BCUT2D eigenvalue weighted by molar-refractivity contribution is 6.09. The molecule has 1 N–H and O–H groups in total. The van der Waals surface area contributed by atoms with Gasteiger partial charge in [-0.3, -0.25) is 14.5 Å². The average molecular weight is 462 g/mol. The molecule has 6 nitrogen and oxygen atoms in total. The van der Waals surface area contributed by atoms with Gasteiger partial charge in [0.05, 0.1) is 0 Å². The van der Waals surface area contributed by atoms with E-state index in [0.717, 1.165) is 35.3 Å². The number of piperidine rings is 1. The summed E-state index contributed by atoms with van der Waals surface area (Å²) in [5.74, 6) is -0.00940. The lowest BCUT2D eigenvalue weighted by molar-refractivity contribution is -0.139. The van der Waals surface area contributed by atoms with Gasteiger partial charge in [-0.05, 0) is 54.2 Å². The summed E-state index contributed by atoms with van der Waals surface area (Å²) in [7, 11) is 0. The van der Waals surface area contributed by atoms with Crippen molar-refractivity contribution in [2.45, 2.75) is 57.9 Å². The van der Waals surface area contributed by atoms with Crippen LogP contribution < -0.4 is 5.32 Å². The summed E-state index contributed by atoms with van der Waals surface area (Å²) in [6.45, 7) is 9.19. The molecule has 2 aliphatic rings. The maximum absolute atomic E-state index is 13.3. The zero-order valence-electron chi connectivity index (χ0n) is 20.6. The van der Waals surface area contributed by atoms with Gasteiger partial charge < -0.3 is 10.2 Å². The lowest BCUT2D eigenvalue weighted by Gasteiger charge is -2.33. The summed E-state index contributed by atoms with van der Waals surface area (Å²) < 4.78 is 0. The van der Waals surface area contributed by atoms with Crippen molar-refractivity contribution in [2.75, 3.05) is 19.6 Å². The van der Waals surface area contributed by atoms with Crippen LogP contribution in [0.1, 0.15) is 57.2 Å². The molecule has 0 saturated carbocycles. The predicted molar refractivity (Wildman–Crippen MR) is 132 cm³/mol. The number of hydrogen-bond acceptors (Lipinski definition) is 3. The molecule has 0 unspecified atom stereocenters. The first-order valence-corrected chi connectivity index (χ1v) is 12.1. The van der Waals surface area contributed by atoms with Crippen LogP contribution >= 0.6 is 0 Å². The molecular weight excluding hydrogens is 426 g/mol. The lowest BCUT2D eigenvalue weighted by Crippen LogP contribution is -2.46. The molecule has 2 aliphatic heterocycles. The fraction of sp³-hybridized carbons (Fsp3) is 0.464. The number of nitrogens with zero attached hydrogens (tertiary/aromatic N) is 2. The number of urea groups is 1.